The second-order valence-corrected chi connectivity index (χ2v) is 7.07. The van der Waals surface area contributed by atoms with Crippen LogP contribution in [0.25, 0.3) is 10.9 Å². The summed E-state index contributed by atoms with van der Waals surface area (Å²) in [7, 11) is 1.70. The van der Waals surface area contributed by atoms with E-state index in [1.54, 1.807) is 7.11 Å². The van der Waals surface area contributed by atoms with Crippen molar-refractivity contribution in [2.24, 2.45) is 0 Å². The van der Waals surface area contributed by atoms with Gasteiger partial charge in [-0.1, -0.05) is 0 Å². The Balaban J connectivity index is 1.59. The number of morpholine rings is 1. The van der Waals surface area contributed by atoms with Crippen LogP contribution in [0, 0.1) is 6.92 Å². The van der Waals surface area contributed by atoms with Gasteiger partial charge in [0.2, 0.25) is 0 Å². The largest absolute Gasteiger partial charge is 0.497 e. The molecule has 5 nitrogen and oxygen atoms in total. The first kappa shape index (κ1) is 16.6. The average molecular weight is 341 g/mol. The van der Waals surface area contributed by atoms with E-state index in [1.807, 2.05) is 12.1 Å². The molecule has 1 aromatic carbocycles. The minimum atomic E-state index is 0.612. The summed E-state index contributed by atoms with van der Waals surface area (Å²) in [6.07, 6.45) is 2.50. The number of pyridine rings is 1. The molecule has 2 fully saturated rings. The average Bonchev–Trinajstić information content (AvgIpc) is 2.68. The van der Waals surface area contributed by atoms with Crippen LogP contribution < -0.4 is 9.64 Å². The Hall–Kier alpha value is -1.85. The highest BCUT2D eigenvalue weighted by Crippen LogP contribution is 2.28. The highest BCUT2D eigenvalue weighted by atomic mass is 16.5. The number of hydrogen-bond acceptors (Lipinski definition) is 5. The predicted octanol–water partition coefficient (Wildman–Crippen LogP) is 2.85. The third-order valence-electron chi connectivity index (χ3n) is 5.49. The fourth-order valence-electron chi connectivity index (χ4n) is 4.06. The maximum absolute atomic E-state index is 5.51. The van der Waals surface area contributed by atoms with Gasteiger partial charge in [0, 0.05) is 43.7 Å². The fraction of sp³-hybridized carbons (Fsp3) is 0.550. The number of hydrogen-bond donors (Lipinski definition) is 0. The van der Waals surface area contributed by atoms with Crippen LogP contribution in [0.1, 0.15) is 18.4 Å². The van der Waals surface area contributed by atoms with Crippen LogP contribution in [0.5, 0.6) is 5.75 Å². The van der Waals surface area contributed by atoms with Gasteiger partial charge in [0.15, 0.2) is 0 Å². The van der Waals surface area contributed by atoms with Crippen molar-refractivity contribution in [1.82, 2.24) is 9.88 Å². The summed E-state index contributed by atoms with van der Waals surface area (Å²) < 4.78 is 10.9. The van der Waals surface area contributed by atoms with Crippen LogP contribution >= 0.6 is 0 Å². The summed E-state index contributed by atoms with van der Waals surface area (Å²) in [5, 5.41) is 1.20. The van der Waals surface area contributed by atoms with Gasteiger partial charge in [-0.2, -0.15) is 0 Å². The maximum atomic E-state index is 5.51. The predicted molar refractivity (Wildman–Crippen MR) is 101 cm³/mol. The monoisotopic (exact) mass is 341 g/mol. The highest BCUT2D eigenvalue weighted by Gasteiger charge is 2.27. The molecule has 2 saturated heterocycles. The molecule has 0 radical (unpaired) electrons. The second kappa shape index (κ2) is 7.18. The number of anilines is 1. The van der Waals surface area contributed by atoms with Gasteiger partial charge in [-0.3, -0.25) is 4.90 Å². The topological polar surface area (TPSA) is 37.8 Å². The first-order valence-corrected chi connectivity index (χ1v) is 9.27. The molecule has 0 bridgehead atoms. The van der Waals surface area contributed by atoms with Crippen molar-refractivity contribution in [3.05, 3.63) is 29.8 Å². The summed E-state index contributed by atoms with van der Waals surface area (Å²) in [6.45, 7) is 8.15. The van der Waals surface area contributed by atoms with Crippen LogP contribution in [-0.4, -0.2) is 62.4 Å². The van der Waals surface area contributed by atoms with Crippen molar-refractivity contribution in [2.45, 2.75) is 25.8 Å². The molecule has 0 amide bonds. The third kappa shape index (κ3) is 3.44. The van der Waals surface area contributed by atoms with Crippen molar-refractivity contribution in [3.63, 3.8) is 0 Å². The van der Waals surface area contributed by atoms with Gasteiger partial charge >= 0.3 is 0 Å². The van der Waals surface area contributed by atoms with Crippen molar-refractivity contribution in [1.29, 1.82) is 0 Å². The Morgan fingerprint density at radius 2 is 2.00 bits per heavy atom. The maximum Gasteiger partial charge on any atom is 0.129 e. The smallest absolute Gasteiger partial charge is 0.129 e. The second-order valence-electron chi connectivity index (χ2n) is 7.07. The summed E-state index contributed by atoms with van der Waals surface area (Å²) in [6, 6.07) is 8.99. The molecular formula is C20H27N3O2. The van der Waals surface area contributed by atoms with E-state index in [9.17, 15) is 0 Å². The molecule has 5 heteroatoms. The molecule has 25 heavy (non-hydrogen) atoms. The van der Waals surface area contributed by atoms with E-state index in [0.29, 0.717) is 6.04 Å². The molecule has 3 heterocycles. The molecule has 2 aromatic rings. The molecule has 0 saturated carbocycles. The summed E-state index contributed by atoms with van der Waals surface area (Å²) in [5.41, 5.74) is 2.29. The zero-order valence-corrected chi connectivity index (χ0v) is 15.2. The first-order chi connectivity index (χ1) is 12.2. The quantitative estimate of drug-likeness (QED) is 0.858. The van der Waals surface area contributed by atoms with Gasteiger partial charge in [0.25, 0.3) is 0 Å². The molecule has 2 aliphatic heterocycles. The lowest BCUT2D eigenvalue weighted by molar-refractivity contribution is 0.0137. The number of ether oxygens (including phenoxy) is 2. The van der Waals surface area contributed by atoms with E-state index in [1.165, 1.54) is 23.8 Å². The zero-order valence-electron chi connectivity index (χ0n) is 15.2. The molecular weight excluding hydrogens is 314 g/mol. The van der Waals surface area contributed by atoms with E-state index >= 15 is 0 Å². The normalized spacial score (nSPS) is 22.3. The zero-order chi connectivity index (χ0) is 17.2. The number of aromatic nitrogens is 1. The van der Waals surface area contributed by atoms with Gasteiger partial charge < -0.3 is 14.4 Å². The number of benzene rings is 1. The molecule has 0 N–H and O–H groups in total. The Labute approximate surface area is 149 Å². The van der Waals surface area contributed by atoms with Crippen molar-refractivity contribution >= 4 is 16.7 Å². The van der Waals surface area contributed by atoms with Gasteiger partial charge in [0.1, 0.15) is 11.6 Å². The molecule has 1 atom stereocenters. The number of rotatable bonds is 3. The summed E-state index contributed by atoms with van der Waals surface area (Å²) in [4.78, 5) is 9.99. The lowest BCUT2D eigenvalue weighted by atomic mass is 10.0. The fourth-order valence-corrected chi connectivity index (χ4v) is 4.06. The minimum absolute atomic E-state index is 0.612. The minimum Gasteiger partial charge on any atom is -0.497 e. The van der Waals surface area contributed by atoms with E-state index in [2.05, 4.69) is 28.9 Å². The van der Waals surface area contributed by atoms with Gasteiger partial charge in [0.05, 0.1) is 25.8 Å². The van der Waals surface area contributed by atoms with Crippen LogP contribution in [0.15, 0.2) is 24.3 Å². The molecule has 0 spiro atoms. The Kier molecular flexibility index (Phi) is 4.77. The number of piperidine rings is 1. The molecule has 4 rings (SSSR count). The summed E-state index contributed by atoms with van der Waals surface area (Å²) >= 11 is 0. The number of fused-ring (bicyclic) bond motifs is 1. The van der Waals surface area contributed by atoms with E-state index < -0.39 is 0 Å². The van der Waals surface area contributed by atoms with Crippen molar-refractivity contribution in [3.8, 4) is 5.75 Å². The van der Waals surface area contributed by atoms with Crippen LogP contribution in [-0.2, 0) is 4.74 Å². The SMILES string of the molecule is COc1ccc2c(C)cc(N3CCCC(N4CCOCC4)C3)nc2c1. The lowest BCUT2D eigenvalue weighted by Gasteiger charge is -2.41. The highest BCUT2D eigenvalue weighted by molar-refractivity contribution is 5.85. The van der Waals surface area contributed by atoms with E-state index in [4.69, 9.17) is 14.5 Å². The Morgan fingerprint density at radius 1 is 1.16 bits per heavy atom. The Bertz CT molecular complexity index is 743. The summed E-state index contributed by atoms with van der Waals surface area (Å²) in [5.74, 6) is 1.96. The van der Waals surface area contributed by atoms with Gasteiger partial charge in [-0.05, 0) is 43.5 Å². The first-order valence-electron chi connectivity index (χ1n) is 9.27. The number of methoxy groups -OCH3 is 1. The van der Waals surface area contributed by atoms with Gasteiger partial charge in [-0.25, -0.2) is 4.98 Å². The third-order valence-corrected chi connectivity index (χ3v) is 5.49. The molecule has 1 aromatic heterocycles. The van der Waals surface area contributed by atoms with Crippen molar-refractivity contribution in [2.75, 3.05) is 51.4 Å². The standard InChI is InChI=1S/C20H27N3O2/c1-15-12-20(21-19-13-17(24-2)5-6-18(15)19)23-7-3-4-16(14-23)22-8-10-25-11-9-22/h5-6,12-13,16H,3-4,7-11,14H2,1-2H3. The van der Waals surface area contributed by atoms with Crippen LogP contribution in [0.4, 0.5) is 5.82 Å². The van der Waals surface area contributed by atoms with Crippen LogP contribution in [0.3, 0.4) is 0 Å². The van der Waals surface area contributed by atoms with Crippen LogP contribution in [0.2, 0.25) is 0 Å². The number of aryl methyl sites for hydroxylation is 1. The molecule has 1 unspecified atom stereocenters. The molecule has 2 aliphatic rings. The lowest BCUT2D eigenvalue weighted by Crippen LogP contribution is -2.51. The molecule has 134 valence electrons. The van der Waals surface area contributed by atoms with E-state index in [-0.39, 0.29) is 0 Å². The number of nitrogens with zero attached hydrogens (tertiary/aromatic N) is 3. The van der Waals surface area contributed by atoms with Gasteiger partial charge in [-0.15, -0.1) is 0 Å². The van der Waals surface area contributed by atoms with E-state index in [0.717, 1.165) is 56.5 Å². The van der Waals surface area contributed by atoms with Crippen molar-refractivity contribution < 1.29 is 9.47 Å². The molecule has 0 aliphatic carbocycles. The Morgan fingerprint density at radius 3 is 2.80 bits per heavy atom.